The van der Waals surface area contributed by atoms with E-state index in [1.807, 2.05) is 0 Å². The standard InChI is InChI=1S/C11H10ClFO4/c1-5(2)17-11(16)8-7(12)4-3-6(9(8)13)10(14)15/h3-5H,1-2H3,(H,14,15). The van der Waals surface area contributed by atoms with Crippen molar-refractivity contribution in [2.24, 2.45) is 0 Å². The number of ether oxygens (including phenoxy) is 1. The van der Waals surface area contributed by atoms with Crippen LogP contribution in [-0.4, -0.2) is 23.1 Å². The van der Waals surface area contributed by atoms with Crippen LogP contribution in [0.2, 0.25) is 5.02 Å². The zero-order chi connectivity index (χ0) is 13.2. The van der Waals surface area contributed by atoms with Crippen LogP contribution in [0.25, 0.3) is 0 Å². The van der Waals surface area contributed by atoms with Gasteiger partial charge in [0.25, 0.3) is 0 Å². The number of hydrogen-bond donors (Lipinski definition) is 1. The Morgan fingerprint density at radius 1 is 1.41 bits per heavy atom. The highest BCUT2D eigenvalue weighted by Crippen LogP contribution is 2.23. The van der Waals surface area contributed by atoms with Crippen molar-refractivity contribution in [2.75, 3.05) is 0 Å². The minimum atomic E-state index is -1.47. The van der Waals surface area contributed by atoms with E-state index in [0.29, 0.717) is 0 Å². The molecule has 0 spiro atoms. The summed E-state index contributed by atoms with van der Waals surface area (Å²) in [7, 11) is 0. The lowest BCUT2D eigenvalue weighted by molar-refractivity contribution is 0.0373. The number of carboxylic acid groups (broad SMARTS) is 1. The van der Waals surface area contributed by atoms with E-state index in [-0.39, 0.29) is 5.02 Å². The zero-order valence-corrected chi connectivity index (χ0v) is 9.92. The van der Waals surface area contributed by atoms with Gasteiger partial charge in [0, 0.05) is 0 Å². The maximum atomic E-state index is 13.7. The van der Waals surface area contributed by atoms with Gasteiger partial charge in [0.05, 0.1) is 16.7 Å². The number of rotatable bonds is 3. The fourth-order valence-electron chi connectivity index (χ4n) is 1.18. The van der Waals surface area contributed by atoms with E-state index < -0.39 is 35.0 Å². The lowest BCUT2D eigenvalue weighted by atomic mass is 10.1. The smallest absolute Gasteiger partial charge is 0.342 e. The van der Waals surface area contributed by atoms with Crippen molar-refractivity contribution < 1.29 is 23.8 Å². The lowest BCUT2D eigenvalue weighted by Crippen LogP contribution is -2.15. The van der Waals surface area contributed by atoms with Crippen LogP contribution < -0.4 is 0 Å². The van der Waals surface area contributed by atoms with E-state index >= 15 is 0 Å². The zero-order valence-electron chi connectivity index (χ0n) is 9.16. The van der Waals surface area contributed by atoms with Gasteiger partial charge in [-0.2, -0.15) is 0 Å². The largest absolute Gasteiger partial charge is 0.478 e. The summed E-state index contributed by atoms with van der Waals surface area (Å²) in [6.07, 6.45) is -0.452. The average Bonchev–Trinajstić information content (AvgIpc) is 2.15. The molecule has 1 aromatic carbocycles. The first-order chi connectivity index (χ1) is 7.84. The van der Waals surface area contributed by atoms with Crippen LogP contribution in [0, 0.1) is 5.82 Å². The summed E-state index contributed by atoms with van der Waals surface area (Å²) in [6.45, 7) is 3.18. The number of carbonyl (C=O) groups excluding carboxylic acids is 1. The van der Waals surface area contributed by atoms with Crippen LogP contribution >= 0.6 is 11.6 Å². The molecule has 0 radical (unpaired) electrons. The Hall–Kier alpha value is -1.62. The van der Waals surface area contributed by atoms with E-state index in [1.165, 1.54) is 0 Å². The Morgan fingerprint density at radius 2 is 2.00 bits per heavy atom. The number of carbonyl (C=O) groups is 2. The van der Waals surface area contributed by atoms with Crippen LogP contribution in [0.5, 0.6) is 0 Å². The molecule has 0 saturated carbocycles. The molecule has 0 fully saturated rings. The number of benzene rings is 1. The van der Waals surface area contributed by atoms with Gasteiger partial charge in [0.15, 0.2) is 5.82 Å². The van der Waals surface area contributed by atoms with E-state index in [9.17, 15) is 14.0 Å². The summed E-state index contributed by atoms with van der Waals surface area (Å²) in [6, 6.07) is 2.14. The highest BCUT2D eigenvalue weighted by molar-refractivity contribution is 6.33. The highest BCUT2D eigenvalue weighted by atomic mass is 35.5. The van der Waals surface area contributed by atoms with Gasteiger partial charge in [-0.05, 0) is 26.0 Å². The molecule has 92 valence electrons. The van der Waals surface area contributed by atoms with Crippen molar-refractivity contribution in [1.29, 1.82) is 0 Å². The van der Waals surface area contributed by atoms with Gasteiger partial charge in [0.1, 0.15) is 5.56 Å². The Labute approximate surface area is 102 Å². The minimum absolute atomic E-state index is 0.182. The molecular weight excluding hydrogens is 251 g/mol. The summed E-state index contributed by atoms with van der Waals surface area (Å²) in [5.74, 6) is -3.64. The summed E-state index contributed by atoms with van der Waals surface area (Å²) in [5.41, 5.74) is -1.18. The summed E-state index contributed by atoms with van der Waals surface area (Å²) < 4.78 is 18.5. The Kier molecular flexibility index (Phi) is 4.07. The number of halogens is 2. The lowest BCUT2D eigenvalue weighted by Gasteiger charge is -2.10. The van der Waals surface area contributed by atoms with Crippen molar-refractivity contribution in [3.05, 3.63) is 34.1 Å². The van der Waals surface area contributed by atoms with Crippen molar-refractivity contribution in [2.45, 2.75) is 20.0 Å². The predicted octanol–water partition coefficient (Wildman–Crippen LogP) is 2.74. The van der Waals surface area contributed by atoms with Gasteiger partial charge in [-0.1, -0.05) is 11.6 Å². The fourth-order valence-corrected chi connectivity index (χ4v) is 1.40. The first kappa shape index (κ1) is 13.4. The molecule has 6 heteroatoms. The number of carboxylic acids is 1. The van der Waals surface area contributed by atoms with Crippen LogP contribution in [0.1, 0.15) is 34.6 Å². The SMILES string of the molecule is CC(C)OC(=O)c1c(Cl)ccc(C(=O)O)c1F. The van der Waals surface area contributed by atoms with Gasteiger partial charge in [-0.3, -0.25) is 0 Å². The highest BCUT2D eigenvalue weighted by Gasteiger charge is 2.23. The summed E-state index contributed by atoms with van der Waals surface area (Å²) >= 11 is 5.65. The van der Waals surface area contributed by atoms with E-state index in [0.717, 1.165) is 12.1 Å². The molecule has 0 amide bonds. The molecule has 0 saturated heterocycles. The van der Waals surface area contributed by atoms with E-state index in [4.69, 9.17) is 21.4 Å². The maximum absolute atomic E-state index is 13.7. The third-order valence-corrected chi connectivity index (χ3v) is 2.18. The third-order valence-electron chi connectivity index (χ3n) is 1.87. The molecule has 0 heterocycles. The molecule has 0 bridgehead atoms. The predicted molar refractivity (Wildman–Crippen MR) is 58.9 cm³/mol. The third kappa shape index (κ3) is 2.94. The first-order valence-electron chi connectivity index (χ1n) is 4.77. The molecule has 0 aliphatic carbocycles. The molecule has 1 rings (SSSR count). The molecule has 0 unspecified atom stereocenters. The molecule has 0 aromatic heterocycles. The average molecular weight is 261 g/mol. The number of aromatic carboxylic acids is 1. The van der Waals surface area contributed by atoms with Gasteiger partial charge in [-0.15, -0.1) is 0 Å². The summed E-state index contributed by atoms with van der Waals surface area (Å²) in [4.78, 5) is 22.2. The topological polar surface area (TPSA) is 63.6 Å². The minimum Gasteiger partial charge on any atom is -0.478 e. The van der Waals surface area contributed by atoms with Crippen LogP contribution in [-0.2, 0) is 4.74 Å². The first-order valence-corrected chi connectivity index (χ1v) is 5.14. The normalized spacial score (nSPS) is 10.4. The van der Waals surface area contributed by atoms with Crippen LogP contribution in [0.15, 0.2) is 12.1 Å². The molecule has 0 aliphatic heterocycles. The molecule has 1 aromatic rings. The molecule has 4 nitrogen and oxygen atoms in total. The van der Waals surface area contributed by atoms with Gasteiger partial charge >= 0.3 is 11.9 Å². The molecule has 1 N–H and O–H groups in total. The molecule has 0 atom stereocenters. The molecule has 0 aliphatic rings. The van der Waals surface area contributed by atoms with E-state index in [2.05, 4.69) is 0 Å². The summed E-state index contributed by atoms with van der Waals surface area (Å²) in [5, 5.41) is 8.53. The van der Waals surface area contributed by atoms with Gasteiger partial charge in [-0.25, -0.2) is 14.0 Å². The van der Waals surface area contributed by atoms with Crippen molar-refractivity contribution in [3.8, 4) is 0 Å². The van der Waals surface area contributed by atoms with Gasteiger partial charge in [0.2, 0.25) is 0 Å². The Morgan fingerprint density at radius 3 is 2.47 bits per heavy atom. The van der Waals surface area contributed by atoms with Gasteiger partial charge < -0.3 is 9.84 Å². The second-order valence-corrected chi connectivity index (χ2v) is 3.95. The van der Waals surface area contributed by atoms with Crippen LogP contribution in [0.4, 0.5) is 4.39 Å². The monoisotopic (exact) mass is 260 g/mol. The van der Waals surface area contributed by atoms with Crippen molar-refractivity contribution in [1.82, 2.24) is 0 Å². The molecule has 17 heavy (non-hydrogen) atoms. The van der Waals surface area contributed by atoms with Crippen LogP contribution in [0.3, 0.4) is 0 Å². The second-order valence-electron chi connectivity index (χ2n) is 3.54. The Bertz CT molecular complexity index is 471. The van der Waals surface area contributed by atoms with Crippen molar-refractivity contribution in [3.63, 3.8) is 0 Å². The maximum Gasteiger partial charge on any atom is 0.342 e. The fraction of sp³-hybridized carbons (Fsp3) is 0.273. The number of hydrogen-bond acceptors (Lipinski definition) is 3. The molecular formula is C11H10ClFO4. The Balaban J connectivity index is 3.27. The number of esters is 1. The van der Waals surface area contributed by atoms with Crippen molar-refractivity contribution >= 4 is 23.5 Å². The quantitative estimate of drug-likeness (QED) is 0.849. The van der Waals surface area contributed by atoms with E-state index in [1.54, 1.807) is 13.8 Å². The second kappa shape index (κ2) is 5.14.